The van der Waals surface area contributed by atoms with E-state index in [4.69, 9.17) is 0 Å². The van der Waals surface area contributed by atoms with Gasteiger partial charge in [-0.15, -0.1) is 0 Å². The van der Waals surface area contributed by atoms with Crippen LogP contribution in [0.1, 0.15) is 44.7 Å². The summed E-state index contributed by atoms with van der Waals surface area (Å²) in [6, 6.07) is 10.5. The fourth-order valence-electron chi connectivity index (χ4n) is 2.62. The fraction of sp³-hybridized carbons (Fsp3) is 0.529. The van der Waals surface area contributed by atoms with Gasteiger partial charge in [0.25, 0.3) is 0 Å². The van der Waals surface area contributed by atoms with Crippen LogP contribution in [0.15, 0.2) is 28.7 Å². The second kappa shape index (κ2) is 7.26. The summed E-state index contributed by atoms with van der Waals surface area (Å²) in [4.78, 5) is 12.1. The molecule has 0 aliphatic heterocycles. The Kier molecular flexibility index (Phi) is 5.60. The van der Waals surface area contributed by atoms with Crippen LogP contribution in [0, 0.1) is 17.2 Å². The molecule has 2 atom stereocenters. The van der Waals surface area contributed by atoms with Gasteiger partial charge >= 0.3 is 0 Å². The van der Waals surface area contributed by atoms with Crippen molar-refractivity contribution >= 4 is 21.8 Å². The minimum atomic E-state index is -0.724. The van der Waals surface area contributed by atoms with Crippen molar-refractivity contribution in [1.82, 2.24) is 10.6 Å². The van der Waals surface area contributed by atoms with Crippen LogP contribution in [0.3, 0.4) is 0 Å². The lowest BCUT2D eigenvalue weighted by Crippen LogP contribution is -2.49. The Balaban J connectivity index is 1.89. The average molecular weight is 364 g/mol. The molecule has 1 aromatic carbocycles. The molecule has 0 unspecified atom stereocenters. The third kappa shape index (κ3) is 4.31. The molecule has 1 fully saturated rings. The van der Waals surface area contributed by atoms with Crippen LogP contribution in [-0.2, 0) is 4.79 Å². The van der Waals surface area contributed by atoms with Gasteiger partial charge in [0.1, 0.15) is 5.54 Å². The summed E-state index contributed by atoms with van der Waals surface area (Å²) in [7, 11) is 0. The summed E-state index contributed by atoms with van der Waals surface area (Å²) >= 11 is 3.42. The van der Waals surface area contributed by atoms with Gasteiger partial charge in [-0.2, -0.15) is 5.26 Å². The van der Waals surface area contributed by atoms with E-state index in [0.717, 1.165) is 29.3 Å². The van der Waals surface area contributed by atoms with Crippen molar-refractivity contribution in [2.24, 2.45) is 5.92 Å². The maximum absolute atomic E-state index is 12.1. The van der Waals surface area contributed by atoms with E-state index in [9.17, 15) is 10.1 Å². The zero-order chi connectivity index (χ0) is 16.2. The number of amides is 1. The number of nitrogens with one attached hydrogen (secondary N) is 2. The van der Waals surface area contributed by atoms with E-state index < -0.39 is 5.54 Å². The van der Waals surface area contributed by atoms with Crippen molar-refractivity contribution in [3.05, 3.63) is 34.3 Å². The summed E-state index contributed by atoms with van der Waals surface area (Å²) in [6.07, 6.45) is 2.94. The first-order chi connectivity index (χ1) is 10.5. The van der Waals surface area contributed by atoms with Gasteiger partial charge in [0, 0.05) is 10.5 Å². The second-order valence-electron chi connectivity index (χ2n) is 6.03. The quantitative estimate of drug-likeness (QED) is 0.780. The molecule has 2 N–H and O–H groups in total. The minimum absolute atomic E-state index is 0.119. The zero-order valence-corrected chi connectivity index (χ0v) is 14.6. The first-order valence-corrected chi connectivity index (χ1v) is 8.49. The number of carbonyl (C=O) groups excluding carboxylic acids is 1. The first kappa shape index (κ1) is 17.0. The average Bonchev–Trinajstić information content (AvgIpc) is 3.34. The SMILES string of the molecule is CC[C@@H](NCC(=O)N[C@@](C)(C#N)C1CC1)c1ccc(Br)cc1. The second-order valence-corrected chi connectivity index (χ2v) is 6.95. The maximum Gasteiger partial charge on any atom is 0.235 e. The Bertz CT molecular complexity index is 562. The Morgan fingerprint density at radius 3 is 2.59 bits per heavy atom. The van der Waals surface area contributed by atoms with Crippen LogP contribution in [-0.4, -0.2) is 18.0 Å². The molecule has 118 valence electrons. The highest BCUT2D eigenvalue weighted by Crippen LogP contribution is 2.39. The van der Waals surface area contributed by atoms with Crippen molar-refractivity contribution in [2.45, 2.75) is 44.7 Å². The van der Waals surface area contributed by atoms with Gasteiger partial charge in [0.05, 0.1) is 12.6 Å². The normalized spacial score (nSPS) is 18.1. The number of carbonyl (C=O) groups is 1. The Morgan fingerprint density at radius 2 is 2.09 bits per heavy atom. The summed E-state index contributed by atoms with van der Waals surface area (Å²) in [5.74, 6) is 0.182. The van der Waals surface area contributed by atoms with Gasteiger partial charge in [-0.05, 0) is 49.8 Å². The van der Waals surface area contributed by atoms with E-state index in [-0.39, 0.29) is 18.5 Å². The van der Waals surface area contributed by atoms with E-state index in [0.29, 0.717) is 5.92 Å². The van der Waals surface area contributed by atoms with Crippen molar-refractivity contribution in [3.63, 3.8) is 0 Å². The molecule has 1 saturated carbocycles. The van der Waals surface area contributed by atoms with Crippen LogP contribution in [0.4, 0.5) is 0 Å². The largest absolute Gasteiger partial charge is 0.337 e. The van der Waals surface area contributed by atoms with Crippen LogP contribution in [0.5, 0.6) is 0 Å². The van der Waals surface area contributed by atoms with Crippen molar-refractivity contribution < 1.29 is 4.79 Å². The standard InChI is InChI=1S/C17H22BrN3O/c1-3-15(12-4-8-14(18)9-5-12)20-10-16(22)21-17(2,11-19)13-6-7-13/h4-5,8-9,13,15,20H,3,6-7,10H2,1-2H3,(H,21,22)/t15-,17+/m1/s1. The topological polar surface area (TPSA) is 64.9 Å². The van der Waals surface area contributed by atoms with Crippen LogP contribution in [0.2, 0.25) is 0 Å². The van der Waals surface area contributed by atoms with E-state index in [2.05, 4.69) is 39.6 Å². The smallest absolute Gasteiger partial charge is 0.235 e. The summed E-state index contributed by atoms with van der Waals surface area (Å²) < 4.78 is 1.04. The number of halogens is 1. The first-order valence-electron chi connectivity index (χ1n) is 7.69. The lowest BCUT2D eigenvalue weighted by Gasteiger charge is -2.24. The molecule has 0 bridgehead atoms. The van der Waals surface area contributed by atoms with Gasteiger partial charge in [-0.3, -0.25) is 4.79 Å². The Labute approximate surface area is 140 Å². The molecule has 1 aliphatic rings. The van der Waals surface area contributed by atoms with Crippen LogP contribution in [0.25, 0.3) is 0 Å². The van der Waals surface area contributed by atoms with Crippen LogP contribution >= 0.6 is 15.9 Å². The molecule has 1 aliphatic carbocycles. The van der Waals surface area contributed by atoms with E-state index in [1.165, 1.54) is 0 Å². The van der Waals surface area contributed by atoms with Crippen molar-refractivity contribution in [1.29, 1.82) is 5.26 Å². The molecule has 0 heterocycles. The Morgan fingerprint density at radius 1 is 1.45 bits per heavy atom. The highest BCUT2D eigenvalue weighted by Gasteiger charge is 2.42. The minimum Gasteiger partial charge on any atom is -0.337 e. The third-order valence-corrected chi connectivity index (χ3v) is 4.74. The number of benzene rings is 1. The molecule has 1 amide bonds. The monoisotopic (exact) mass is 363 g/mol. The third-order valence-electron chi connectivity index (χ3n) is 4.21. The number of nitrogens with zero attached hydrogens (tertiary/aromatic N) is 1. The molecular weight excluding hydrogens is 342 g/mol. The predicted octanol–water partition coefficient (Wildman–Crippen LogP) is 3.30. The summed E-state index contributed by atoms with van der Waals surface area (Å²) in [5, 5.41) is 15.4. The van der Waals surface area contributed by atoms with Gasteiger partial charge in [0.15, 0.2) is 0 Å². The van der Waals surface area contributed by atoms with Gasteiger partial charge in [-0.1, -0.05) is 35.0 Å². The molecule has 5 heteroatoms. The van der Waals surface area contributed by atoms with E-state index >= 15 is 0 Å². The number of rotatable bonds is 7. The Hall–Kier alpha value is -1.38. The summed E-state index contributed by atoms with van der Waals surface area (Å²) in [6.45, 7) is 4.12. The molecule has 0 saturated heterocycles. The van der Waals surface area contributed by atoms with Crippen molar-refractivity contribution in [2.75, 3.05) is 6.54 Å². The highest BCUT2D eigenvalue weighted by atomic mass is 79.9. The number of hydrogen-bond donors (Lipinski definition) is 2. The summed E-state index contributed by atoms with van der Waals surface area (Å²) in [5.41, 5.74) is 0.432. The number of nitriles is 1. The van der Waals surface area contributed by atoms with Gasteiger partial charge in [0.2, 0.25) is 5.91 Å². The maximum atomic E-state index is 12.1. The predicted molar refractivity (Wildman–Crippen MR) is 90.1 cm³/mol. The molecule has 0 spiro atoms. The van der Waals surface area contributed by atoms with Gasteiger partial charge < -0.3 is 10.6 Å². The van der Waals surface area contributed by atoms with Crippen molar-refractivity contribution in [3.8, 4) is 6.07 Å². The van der Waals surface area contributed by atoms with E-state index in [1.54, 1.807) is 0 Å². The fourth-order valence-corrected chi connectivity index (χ4v) is 2.89. The molecule has 4 nitrogen and oxygen atoms in total. The van der Waals surface area contributed by atoms with E-state index in [1.807, 2.05) is 31.2 Å². The lowest BCUT2D eigenvalue weighted by molar-refractivity contribution is -0.121. The van der Waals surface area contributed by atoms with Crippen LogP contribution < -0.4 is 10.6 Å². The zero-order valence-electron chi connectivity index (χ0n) is 13.0. The lowest BCUT2D eigenvalue weighted by atomic mass is 9.98. The molecular formula is C17H22BrN3O. The molecule has 1 aromatic rings. The number of hydrogen-bond acceptors (Lipinski definition) is 3. The molecule has 0 radical (unpaired) electrons. The van der Waals surface area contributed by atoms with Gasteiger partial charge in [-0.25, -0.2) is 0 Å². The molecule has 0 aromatic heterocycles. The highest BCUT2D eigenvalue weighted by molar-refractivity contribution is 9.10. The molecule has 2 rings (SSSR count). The molecule has 22 heavy (non-hydrogen) atoms.